The summed E-state index contributed by atoms with van der Waals surface area (Å²) < 4.78 is 34.1. The first-order chi connectivity index (χ1) is 18.5. The van der Waals surface area contributed by atoms with Gasteiger partial charge in [-0.2, -0.15) is 13.8 Å². The Morgan fingerprint density at radius 3 is 2.64 bits per heavy atom. The van der Waals surface area contributed by atoms with Crippen LogP contribution >= 0.6 is 0 Å². The van der Waals surface area contributed by atoms with Crippen LogP contribution in [-0.2, 0) is 9.47 Å². The van der Waals surface area contributed by atoms with Crippen molar-refractivity contribution < 1.29 is 33.0 Å². The van der Waals surface area contributed by atoms with Crippen molar-refractivity contribution in [2.45, 2.75) is 77.6 Å². The van der Waals surface area contributed by atoms with Gasteiger partial charge in [-0.1, -0.05) is 0 Å². The SMILES string of the molecule is CC(C)(C)OC(=O)N1CCCC(C=NC(=O)c2cnc(NCCOC(F)F)nc2N=CC2CCC(O)CC2)C1. The molecule has 3 rings (SSSR count). The highest BCUT2D eigenvalue weighted by atomic mass is 19.3. The first-order valence-corrected chi connectivity index (χ1v) is 13.3. The topological polar surface area (TPSA) is 139 Å². The van der Waals surface area contributed by atoms with E-state index < -0.39 is 24.2 Å². The van der Waals surface area contributed by atoms with Crippen LogP contribution in [0, 0.1) is 11.8 Å². The molecule has 0 radical (unpaired) electrons. The van der Waals surface area contributed by atoms with E-state index in [0.717, 1.165) is 25.7 Å². The number of ether oxygens (including phenoxy) is 2. The second kappa shape index (κ2) is 14.4. The van der Waals surface area contributed by atoms with Crippen LogP contribution in [0.5, 0.6) is 0 Å². The van der Waals surface area contributed by atoms with Gasteiger partial charge in [0.2, 0.25) is 5.95 Å². The zero-order chi connectivity index (χ0) is 28.4. The number of aromatic nitrogens is 2. The fourth-order valence-electron chi connectivity index (χ4n) is 4.31. The summed E-state index contributed by atoms with van der Waals surface area (Å²) in [4.78, 5) is 44.1. The van der Waals surface area contributed by atoms with Crippen LogP contribution in [0.3, 0.4) is 0 Å². The highest BCUT2D eigenvalue weighted by Gasteiger charge is 2.27. The van der Waals surface area contributed by atoms with E-state index in [4.69, 9.17) is 4.74 Å². The average Bonchev–Trinajstić information content (AvgIpc) is 2.88. The molecule has 11 nitrogen and oxygen atoms in total. The maximum absolute atomic E-state index is 13.0. The molecule has 1 aromatic heterocycles. The Kier molecular flexibility index (Phi) is 11.2. The molecular weight excluding hydrogens is 514 g/mol. The summed E-state index contributed by atoms with van der Waals surface area (Å²) in [5.74, 6) is -0.350. The van der Waals surface area contributed by atoms with Crippen molar-refractivity contribution in [3.05, 3.63) is 11.8 Å². The molecule has 0 aromatic carbocycles. The van der Waals surface area contributed by atoms with E-state index >= 15 is 0 Å². The summed E-state index contributed by atoms with van der Waals surface area (Å²) in [6.07, 6.45) is 8.28. The van der Waals surface area contributed by atoms with Crippen LogP contribution in [0.4, 0.5) is 25.3 Å². The van der Waals surface area contributed by atoms with Crippen LogP contribution in [0.1, 0.15) is 69.7 Å². The van der Waals surface area contributed by atoms with Crippen molar-refractivity contribution in [3.8, 4) is 0 Å². The smallest absolute Gasteiger partial charge is 0.410 e. The summed E-state index contributed by atoms with van der Waals surface area (Å²) in [5.41, 5.74) is -0.508. The van der Waals surface area contributed by atoms with E-state index in [1.54, 1.807) is 17.3 Å². The Bertz CT molecular complexity index is 1020. The molecular formula is C26H38F2N6O5. The van der Waals surface area contributed by atoms with Gasteiger partial charge in [0.1, 0.15) is 11.2 Å². The minimum absolute atomic E-state index is 0.0370. The minimum atomic E-state index is -2.87. The molecule has 216 valence electrons. The molecule has 2 amide bonds. The highest BCUT2D eigenvalue weighted by molar-refractivity contribution is 6.02. The third kappa shape index (κ3) is 10.6. The minimum Gasteiger partial charge on any atom is -0.444 e. The lowest BCUT2D eigenvalue weighted by molar-refractivity contribution is -0.125. The molecule has 1 atom stereocenters. The van der Waals surface area contributed by atoms with Crippen molar-refractivity contribution >= 4 is 36.2 Å². The molecule has 39 heavy (non-hydrogen) atoms. The number of likely N-dealkylation sites (tertiary alicyclic amines) is 1. The fourth-order valence-corrected chi connectivity index (χ4v) is 4.31. The zero-order valence-corrected chi connectivity index (χ0v) is 22.7. The van der Waals surface area contributed by atoms with Crippen LogP contribution in [-0.4, -0.2) is 89.0 Å². The standard InChI is InChI=1S/C26H38F2N6O5/c1-26(2,3)39-25(37)34-11-4-5-18(16-34)14-31-22(36)20-15-32-24(29-10-12-38-23(27)28)33-21(20)30-13-17-6-8-19(35)9-7-17/h13-15,17-19,23,35H,4-12,16H2,1-3H3,(H,29,32,33). The second-order valence-electron chi connectivity index (χ2n) is 10.7. The number of hydrogen-bond acceptors (Lipinski definition) is 9. The first kappa shape index (κ1) is 30.5. The molecule has 13 heteroatoms. The number of aliphatic imine (C=N–C) groups is 2. The summed E-state index contributed by atoms with van der Waals surface area (Å²) in [6, 6.07) is 0. The van der Waals surface area contributed by atoms with E-state index in [0.29, 0.717) is 25.9 Å². The zero-order valence-electron chi connectivity index (χ0n) is 22.7. The number of carbonyl (C=O) groups excluding carboxylic acids is 2. The maximum Gasteiger partial charge on any atom is 0.410 e. The van der Waals surface area contributed by atoms with E-state index in [2.05, 4.69) is 30.0 Å². The molecule has 0 bridgehead atoms. The molecule has 1 unspecified atom stereocenters. The average molecular weight is 553 g/mol. The Morgan fingerprint density at radius 1 is 1.21 bits per heavy atom. The van der Waals surface area contributed by atoms with Gasteiger partial charge in [0, 0.05) is 44.2 Å². The van der Waals surface area contributed by atoms with Gasteiger partial charge in [-0.3, -0.25) is 4.79 Å². The number of rotatable bonds is 9. The Labute approximate surface area is 227 Å². The second-order valence-corrected chi connectivity index (χ2v) is 10.7. The first-order valence-electron chi connectivity index (χ1n) is 13.3. The van der Waals surface area contributed by atoms with E-state index in [1.807, 2.05) is 20.8 Å². The van der Waals surface area contributed by atoms with Crippen molar-refractivity contribution in [1.82, 2.24) is 14.9 Å². The third-order valence-electron chi connectivity index (χ3n) is 6.29. The maximum atomic E-state index is 13.0. The molecule has 2 aliphatic rings. The predicted molar refractivity (Wildman–Crippen MR) is 142 cm³/mol. The fraction of sp³-hybridized carbons (Fsp3) is 0.692. The van der Waals surface area contributed by atoms with Gasteiger partial charge >= 0.3 is 12.7 Å². The molecule has 1 aromatic rings. The number of aliphatic hydroxyl groups excluding tert-OH is 1. The number of nitrogens with zero attached hydrogens (tertiary/aromatic N) is 5. The molecule has 1 saturated heterocycles. The molecule has 2 fully saturated rings. The molecule has 1 aliphatic heterocycles. The van der Waals surface area contributed by atoms with Gasteiger partial charge in [-0.25, -0.2) is 19.8 Å². The number of aliphatic hydroxyl groups is 1. The number of halogens is 2. The quantitative estimate of drug-likeness (QED) is 0.343. The lowest BCUT2D eigenvalue weighted by Gasteiger charge is -2.32. The molecule has 0 spiro atoms. The van der Waals surface area contributed by atoms with Crippen LogP contribution in [0.2, 0.25) is 0 Å². The Balaban J connectivity index is 1.70. The summed E-state index contributed by atoms with van der Waals surface area (Å²) in [7, 11) is 0. The van der Waals surface area contributed by atoms with Crippen molar-refractivity contribution in [2.24, 2.45) is 21.8 Å². The highest BCUT2D eigenvalue weighted by Crippen LogP contribution is 2.25. The van der Waals surface area contributed by atoms with Crippen LogP contribution < -0.4 is 5.32 Å². The molecule has 1 aliphatic carbocycles. The van der Waals surface area contributed by atoms with Gasteiger partial charge in [0.25, 0.3) is 5.91 Å². The van der Waals surface area contributed by atoms with Gasteiger partial charge in [-0.05, 0) is 65.2 Å². The third-order valence-corrected chi connectivity index (χ3v) is 6.29. The van der Waals surface area contributed by atoms with E-state index in [1.165, 1.54) is 6.20 Å². The van der Waals surface area contributed by atoms with Crippen molar-refractivity contribution in [1.29, 1.82) is 0 Å². The van der Waals surface area contributed by atoms with Crippen molar-refractivity contribution in [2.75, 3.05) is 31.6 Å². The number of amides is 2. The van der Waals surface area contributed by atoms with Crippen molar-refractivity contribution in [3.63, 3.8) is 0 Å². The monoisotopic (exact) mass is 552 g/mol. The van der Waals surface area contributed by atoms with Gasteiger partial charge in [0.15, 0.2) is 5.82 Å². The molecule has 2 N–H and O–H groups in total. The number of piperidine rings is 1. The largest absolute Gasteiger partial charge is 0.444 e. The summed E-state index contributed by atoms with van der Waals surface area (Å²) in [6.45, 7) is 3.31. The number of anilines is 1. The Morgan fingerprint density at radius 2 is 1.95 bits per heavy atom. The van der Waals surface area contributed by atoms with Gasteiger partial charge in [0.05, 0.1) is 12.7 Å². The van der Waals surface area contributed by atoms with Crippen LogP contribution in [0.25, 0.3) is 0 Å². The number of alkyl halides is 2. The normalized spacial score (nSPS) is 22.5. The summed E-state index contributed by atoms with van der Waals surface area (Å²) in [5, 5.41) is 12.5. The van der Waals surface area contributed by atoms with E-state index in [-0.39, 0.29) is 48.4 Å². The molecule has 2 heterocycles. The number of hydrogen-bond donors (Lipinski definition) is 2. The number of nitrogens with one attached hydrogen (secondary N) is 1. The van der Waals surface area contributed by atoms with Crippen LogP contribution in [0.15, 0.2) is 16.2 Å². The summed E-state index contributed by atoms with van der Waals surface area (Å²) >= 11 is 0. The van der Waals surface area contributed by atoms with Gasteiger partial charge < -0.3 is 24.8 Å². The lowest BCUT2D eigenvalue weighted by atomic mass is 9.88. The Hall–Kier alpha value is -3.06. The van der Waals surface area contributed by atoms with Gasteiger partial charge in [-0.15, -0.1) is 0 Å². The number of carbonyl (C=O) groups is 2. The van der Waals surface area contributed by atoms with E-state index in [9.17, 15) is 23.5 Å². The predicted octanol–water partition coefficient (Wildman–Crippen LogP) is 4.24. The molecule has 1 saturated carbocycles. The lowest BCUT2D eigenvalue weighted by Crippen LogP contribution is -2.43.